The normalized spacial score (nSPS) is 11.8. The summed E-state index contributed by atoms with van der Waals surface area (Å²) in [4.78, 5) is 19.1. The zero-order chi connectivity index (χ0) is 24.1. The third-order valence-corrected chi connectivity index (χ3v) is 5.53. The van der Waals surface area contributed by atoms with Crippen LogP contribution in [0.25, 0.3) is 11.4 Å². The van der Waals surface area contributed by atoms with Crippen molar-refractivity contribution >= 4 is 11.7 Å². The Bertz CT molecular complexity index is 1260. The zero-order valence-electron chi connectivity index (χ0n) is 18.8. The summed E-state index contributed by atoms with van der Waals surface area (Å²) >= 11 is 0. The second-order valence-electron chi connectivity index (χ2n) is 7.96. The van der Waals surface area contributed by atoms with Crippen LogP contribution in [0.2, 0.25) is 0 Å². The second-order valence-corrected chi connectivity index (χ2v) is 7.96. The van der Waals surface area contributed by atoms with Gasteiger partial charge in [0.1, 0.15) is 11.6 Å². The number of amides is 2. The molecule has 0 spiro atoms. The molecule has 2 amide bonds. The molecule has 0 saturated carbocycles. The van der Waals surface area contributed by atoms with Gasteiger partial charge in [-0.2, -0.15) is 4.98 Å². The van der Waals surface area contributed by atoms with E-state index >= 15 is 0 Å². The van der Waals surface area contributed by atoms with Gasteiger partial charge in [-0.25, -0.2) is 13.6 Å². The molecule has 174 valence electrons. The molecule has 0 radical (unpaired) electrons. The zero-order valence-corrected chi connectivity index (χ0v) is 18.8. The highest BCUT2D eigenvalue weighted by atomic mass is 19.1. The Kier molecular flexibility index (Phi) is 6.96. The Hall–Kier alpha value is -4.07. The maximum absolute atomic E-state index is 14.1. The van der Waals surface area contributed by atoms with Crippen molar-refractivity contribution in [2.45, 2.75) is 26.3 Å². The summed E-state index contributed by atoms with van der Waals surface area (Å²) in [6.07, 6.45) is 0.301. The van der Waals surface area contributed by atoms with E-state index < -0.39 is 17.7 Å². The molecule has 0 fully saturated rings. The second kappa shape index (κ2) is 10.2. The van der Waals surface area contributed by atoms with E-state index in [0.29, 0.717) is 18.1 Å². The molecule has 0 bridgehead atoms. The quantitative estimate of drug-likeness (QED) is 0.357. The molecule has 8 heteroatoms. The van der Waals surface area contributed by atoms with Gasteiger partial charge in [0.05, 0.1) is 11.7 Å². The topological polar surface area (TPSA) is 71.3 Å². The van der Waals surface area contributed by atoms with Crippen LogP contribution < -0.4 is 5.32 Å². The van der Waals surface area contributed by atoms with E-state index in [1.807, 2.05) is 68.4 Å². The molecule has 0 aliphatic heterocycles. The van der Waals surface area contributed by atoms with E-state index in [1.54, 1.807) is 4.90 Å². The number of urea groups is 1. The third-order valence-electron chi connectivity index (χ3n) is 5.53. The molecule has 0 aliphatic rings. The van der Waals surface area contributed by atoms with E-state index in [0.717, 1.165) is 28.8 Å². The van der Waals surface area contributed by atoms with Crippen LogP contribution in [0, 0.1) is 18.6 Å². The van der Waals surface area contributed by atoms with E-state index in [9.17, 15) is 13.6 Å². The fourth-order valence-corrected chi connectivity index (χ4v) is 3.55. The number of aryl methyl sites for hydroxylation is 1. The summed E-state index contributed by atoms with van der Waals surface area (Å²) in [6, 6.07) is 19.4. The van der Waals surface area contributed by atoms with Crippen molar-refractivity contribution in [1.29, 1.82) is 0 Å². The van der Waals surface area contributed by atoms with Crippen LogP contribution in [0.1, 0.15) is 30.0 Å². The number of nitrogens with one attached hydrogen (secondary N) is 1. The van der Waals surface area contributed by atoms with E-state index in [1.165, 1.54) is 6.07 Å². The number of carbonyl (C=O) groups excluding carboxylic acids is 1. The summed E-state index contributed by atoms with van der Waals surface area (Å²) in [5, 5.41) is 6.58. The lowest BCUT2D eigenvalue weighted by atomic mass is 10.1. The molecule has 1 atom stereocenters. The Labute approximate surface area is 196 Å². The maximum Gasteiger partial charge on any atom is 0.322 e. The van der Waals surface area contributed by atoms with Crippen molar-refractivity contribution in [2.75, 3.05) is 11.9 Å². The molecular formula is C26H24F2N4O2. The lowest BCUT2D eigenvalue weighted by molar-refractivity contribution is 0.191. The van der Waals surface area contributed by atoms with Crippen LogP contribution in [-0.2, 0) is 6.42 Å². The fourth-order valence-electron chi connectivity index (χ4n) is 3.55. The Balaban J connectivity index is 1.52. The largest absolute Gasteiger partial charge is 0.339 e. The summed E-state index contributed by atoms with van der Waals surface area (Å²) < 4.78 is 32.8. The van der Waals surface area contributed by atoms with Crippen molar-refractivity contribution in [3.63, 3.8) is 0 Å². The van der Waals surface area contributed by atoms with Crippen molar-refractivity contribution in [2.24, 2.45) is 0 Å². The summed E-state index contributed by atoms with van der Waals surface area (Å²) in [5.41, 5.74) is 2.76. The van der Waals surface area contributed by atoms with Gasteiger partial charge >= 0.3 is 6.03 Å². The lowest BCUT2D eigenvalue weighted by Gasteiger charge is -2.29. The number of aromatic nitrogens is 2. The van der Waals surface area contributed by atoms with Gasteiger partial charge in [0.2, 0.25) is 11.7 Å². The smallest absolute Gasteiger partial charge is 0.322 e. The molecule has 1 N–H and O–H groups in total. The molecule has 0 aliphatic carbocycles. The Morgan fingerprint density at radius 1 is 1.06 bits per heavy atom. The van der Waals surface area contributed by atoms with Gasteiger partial charge in [0, 0.05) is 24.6 Å². The van der Waals surface area contributed by atoms with Crippen molar-refractivity contribution in [1.82, 2.24) is 15.0 Å². The van der Waals surface area contributed by atoms with Gasteiger partial charge < -0.3 is 14.7 Å². The molecule has 0 saturated heterocycles. The first kappa shape index (κ1) is 23.1. The molecule has 6 nitrogen and oxygen atoms in total. The predicted molar refractivity (Wildman–Crippen MR) is 125 cm³/mol. The van der Waals surface area contributed by atoms with E-state index in [4.69, 9.17) is 4.52 Å². The highest BCUT2D eigenvalue weighted by Crippen LogP contribution is 2.23. The standard InChI is InChI=1S/C26H24F2N4O2/c1-17-8-10-20(11-9-17)25-30-24(34-31-25)14-15-32(18(2)19-6-4-3-5-7-19)26(33)29-23-13-12-21(27)16-22(23)28/h3-13,16,18H,14-15H2,1-2H3,(H,29,33)/t18-/m1/s1. The average molecular weight is 463 g/mol. The highest BCUT2D eigenvalue weighted by Gasteiger charge is 2.23. The van der Waals surface area contributed by atoms with Gasteiger partial charge in [-0.05, 0) is 31.5 Å². The van der Waals surface area contributed by atoms with Crippen LogP contribution in [0.5, 0.6) is 0 Å². The number of rotatable bonds is 7. The molecule has 1 heterocycles. The number of hydrogen-bond donors (Lipinski definition) is 1. The summed E-state index contributed by atoms with van der Waals surface area (Å²) in [7, 11) is 0. The van der Waals surface area contributed by atoms with Crippen LogP contribution in [0.15, 0.2) is 77.3 Å². The number of benzene rings is 3. The van der Waals surface area contributed by atoms with E-state index in [2.05, 4.69) is 15.5 Å². The van der Waals surface area contributed by atoms with Gasteiger partial charge in [0.15, 0.2) is 0 Å². The Morgan fingerprint density at radius 3 is 2.50 bits per heavy atom. The first-order chi connectivity index (χ1) is 16.4. The van der Waals surface area contributed by atoms with Gasteiger partial charge in [-0.15, -0.1) is 0 Å². The maximum atomic E-state index is 14.1. The van der Waals surface area contributed by atoms with Crippen LogP contribution in [0.3, 0.4) is 0 Å². The minimum atomic E-state index is -0.847. The number of carbonyl (C=O) groups is 1. The predicted octanol–water partition coefficient (Wildman–Crippen LogP) is 6.16. The summed E-state index contributed by atoms with van der Waals surface area (Å²) in [5.74, 6) is -0.719. The van der Waals surface area contributed by atoms with Crippen LogP contribution in [0.4, 0.5) is 19.3 Å². The minimum absolute atomic E-state index is 0.101. The molecule has 34 heavy (non-hydrogen) atoms. The molecule has 0 unspecified atom stereocenters. The van der Waals surface area contributed by atoms with Crippen molar-refractivity contribution in [3.8, 4) is 11.4 Å². The molecule has 3 aromatic carbocycles. The molecule has 1 aromatic heterocycles. The first-order valence-electron chi connectivity index (χ1n) is 10.9. The fraction of sp³-hybridized carbons (Fsp3) is 0.192. The average Bonchev–Trinajstić information content (AvgIpc) is 3.31. The molecular weight excluding hydrogens is 438 g/mol. The van der Waals surface area contributed by atoms with Crippen LogP contribution in [-0.4, -0.2) is 27.6 Å². The number of hydrogen-bond acceptors (Lipinski definition) is 4. The lowest BCUT2D eigenvalue weighted by Crippen LogP contribution is -2.38. The third kappa shape index (κ3) is 5.46. The summed E-state index contributed by atoms with van der Waals surface area (Å²) in [6.45, 7) is 4.11. The highest BCUT2D eigenvalue weighted by molar-refractivity contribution is 5.89. The molecule has 4 aromatic rings. The monoisotopic (exact) mass is 462 g/mol. The van der Waals surface area contributed by atoms with Gasteiger partial charge in [0.25, 0.3) is 0 Å². The number of halogens is 2. The van der Waals surface area contributed by atoms with Crippen molar-refractivity contribution in [3.05, 3.63) is 101 Å². The molecule has 4 rings (SSSR count). The SMILES string of the molecule is Cc1ccc(-c2noc(CCN(C(=O)Nc3ccc(F)cc3F)[C@H](C)c3ccccc3)n2)cc1. The van der Waals surface area contributed by atoms with Gasteiger partial charge in [-0.1, -0.05) is 65.3 Å². The van der Waals surface area contributed by atoms with E-state index in [-0.39, 0.29) is 18.3 Å². The number of anilines is 1. The van der Waals surface area contributed by atoms with Crippen LogP contribution >= 0.6 is 0 Å². The number of nitrogens with zero attached hydrogens (tertiary/aromatic N) is 3. The van der Waals surface area contributed by atoms with Gasteiger partial charge in [-0.3, -0.25) is 0 Å². The Morgan fingerprint density at radius 2 is 1.79 bits per heavy atom. The first-order valence-corrected chi connectivity index (χ1v) is 10.9. The minimum Gasteiger partial charge on any atom is -0.339 e. The van der Waals surface area contributed by atoms with Crippen molar-refractivity contribution < 1.29 is 18.1 Å².